The van der Waals surface area contributed by atoms with Crippen molar-refractivity contribution in [2.75, 3.05) is 6.54 Å². The van der Waals surface area contributed by atoms with Gasteiger partial charge in [-0.2, -0.15) is 10.4 Å². The fourth-order valence-electron chi connectivity index (χ4n) is 2.07. The number of hydrogen-bond donors (Lipinski definition) is 0. The predicted octanol–water partition coefficient (Wildman–Crippen LogP) is 2.26. The van der Waals surface area contributed by atoms with Crippen LogP contribution in [-0.4, -0.2) is 27.3 Å². The van der Waals surface area contributed by atoms with Crippen molar-refractivity contribution in [3.05, 3.63) is 16.4 Å². The number of aryl methyl sites for hydroxylation is 2. The molecule has 92 valence electrons. The molecule has 0 atom stereocenters. The van der Waals surface area contributed by atoms with Crippen LogP contribution in [0.5, 0.6) is 0 Å². The fraction of sp³-hybridized carbons (Fsp3) is 0.667. The van der Waals surface area contributed by atoms with Crippen molar-refractivity contribution in [1.29, 1.82) is 5.26 Å². The fourth-order valence-corrected chi connectivity index (χ4v) is 2.29. The zero-order valence-corrected chi connectivity index (χ0v) is 11.0. The number of halogens is 1. The molecule has 0 spiro atoms. The van der Waals surface area contributed by atoms with E-state index < -0.39 is 0 Å². The minimum atomic E-state index is 0.574. The van der Waals surface area contributed by atoms with Crippen LogP contribution in [0.4, 0.5) is 0 Å². The lowest BCUT2D eigenvalue weighted by Gasteiger charge is -2.20. The summed E-state index contributed by atoms with van der Waals surface area (Å²) in [4.78, 5) is 2.34. The topological polar surface area (TPSA) is 44.9 Å². The molecule has 1 aliphatic rings. The molecule has 0 N–H and O–H groups in total. The second-order valence-corrected chi connectivity index (χ2v) is 4.96. The van der Waals surface area contributed by atoms with Gasteiger partial charge >= 0.3 is 0 Å². The summed E-state index contributed by atoms with van der Waals surface area (Å²) in [6, 6.07) is 2.84. The van der Waals surface area contributed by atoms with Gasteiger partial charge in [0.05, 0.1) is 22.5 Å². The molecule has 1 heterocycles. The maximum atomic E-state index is 8.68. The van der Waals surface area contributed by atoms with Gasteiger partial charge < -0.3 is 0 Å². The van der Waals surface area contributed by atoms with Gasteiger partial charge in [0.15, 0.2) is 0 Å². The van der Waals surface area contributed by atoms with Crippen molar-refractivity contribution < 1.29 is 0 Å². The molecule has 5 heteroatoms. The van der Waals surface area contributed by atoms with E-state index >= 15 is 0 Å². The number of nitriles is 1. The van der Waals surface area contributed by atoms with Crippen LogP contribution >= 0.6 is 11.6 Å². The van der Waals surface area contributed by atoms with E-state index in [0.29, 0.717) is 12.5 Å². The van der Waals surface area contributed by atoms with Gasteiger partial charge in [-0.3, -0.25) is 9.58 Å². The highest BCUT2D eigenvalue weighted by molar-refractivity contribution is 6.31. The average Bonchev–Trinajstić information content (AvgIpc) is 3.09. The lowest BCUT2D eigenvalue weighted by atomic mass is 10.3. The minimum Gasteiger partial charge on any atom is -0.294 e. The summed E-state index contributed by atoms with van der Waals surface area (Å²) in [5.41, 5.74) is 1.93. The molecule has 1 fully saturated rings. The molecule has 2 rings (SSSR count). The summed E-state index contributed by atoms with van der Waals surface area (Å²) in [5.74, 6) is 0. The summed E-state index contributed by atoms with van der Waals surface area (Å²) in [6.45, 7) is 3.53. The third-order valence-electron chi connectivity index (χ3n) is 3.19. The first kappa shape index (κ1) is 12.4. The maximum absolute atomic E-state index is 8.68. The summed E-state index contributed by atoms with van der Waals surface area (Å²) in [5, 5.41) is 13.8. The molecule has 1 saturated carbocycles. The first-order valence-electron chi connectivity index (χ1n) is 5.92. The molecule has 0 unspecified atom stereocenters. The van der Waals surface area contributed by atoms with Crippen LogP contribution in [-0.2, 0) is 13.6 Å². The van der Waals surface area contributed by atoms with Gasteiger partial charge in [0.2, 0.25) is 0 Å². The first-order chi connectivity index (χ1) is 8.13. The van der Waals surface area contributed by atoms with Crippen molar-refractivity contribution in [1.82, 2.24) is 14.7 Å². The summed E-state index contributed by atoms with van der Waals surface area (Å²) >= 11 is 6.24. The van der Waals surface area contributed by atoms with Crippen LogP contribution in [0.15, 0.2) is 0 Å². The normalized spacial score (nSPS) is 15.2. The van der Waals surface area contributed by atoms with E-state index in [0.717, 1.165) is 29.5 Å². The SMILES string of the molecule is Cc1nn(C)c(CN(CCC#N)C2CC2)c1Cl. The molecule has 1 aliphatic carbocycles. The van der Waals surface area contributed by atoms with E-state index in [4.69, 9.17) is 16.9 Å². The van der Waals surface area contributed by atoms with Gasteiger partial charge in [0.1, 0.15) is 0 Å². The molecule has 1 aromatic heterocycles. The Bertz CT molecular complexity index is 442. The zero-order chi connectivity index (χ0) is 12.4. The lowest BCUT2D eigenvalue weighted by Crippen LogP contribution is -2.27. The van der Waals surface area contributed by atoms with Crippen LogP contribution < -0.4 is 0 Å². The second kappa shape index (κ2) is 5.07. The first-order valence-corrected chi connectivity index (χ1v) is 6.30. The van der Waals surface area contributed by atoms with Crippen LogP contribution in [0.2, 0.25) is 5.02 Å². The van der Waals surface area contributed by atoms with Gasteiger partial charge in [-0.15, -0.1) is 0 Å². The van der Waals surface area contributed by atoms with Crippen LogP contribution in [0, 0.1) is 18.3 Å². The Morgan fingerprint density at radius 1 is 1.59 bits per heavy atom. The Balaban J connectivity index is 2.09. The lowest BCUT2D eigenvalue weighted by molar-refractivity contribution is 0.254. The van der Waals surface area contributed by atoms with E-state index in [2.05, 4.69) is 16.1 Å². The molecular weight excluding hydrogens is 236 g/mol. The Morgan fingerprint density at radius 3 is 2.76 bits per heavy atom. The van der Waals surface area contributed by atoms with Crippen molar-refractivity contribution in [3.63, 3.8) is 0 Å². The van der Waals surface area contributed by atoms with E-state index in [1.54, 1.807) is 0 Å². The minimum absolute atomic E-state index is 0.574. The van der Waals surface area contributed by atoms with Gasteiger partial charge in [0.25, 0.3) is 0 Å². The Labute approximate surface area is 107 Å². The smallest absolute Gasteiger partial charge is 0.0860 e. The maximum Gasteiger partial charge on any atom is 0.0860 e. The Morgan fingerprint density at radius 2 is 2.29 bits per heavy atom. The molecular formula is C12H17ClN4. The van der Waals surface area contributed by atoms with Crippen LogP contribution in [0.1, 0.15) is 30.7 Å². The largest absolute Gasteiger partial charge is 0.294 e. The Kier molecular flexibility index (Phi) is 3.70. The third-order valence-corrected chi connectivity index (χ3v) is 3.68. The van der Waals surface area contributed by atoms with Gasteiger partial charge in [0, 0.05) is 32.6 Å². The number of nitrogens with zero attached hydrogens (tertiary/aromatic N) is 4. The molecule has 0 aliphatic heterocycles. The molecule has 0 radical (unpaired) electrons. The molecule has 1 aromatic rings. The predicted molar refractivity (Wildman–Crippen MR) is 66.6 cm³/mol. The molecule has 4 nitrogen and oxygen atoms in total. The van der Waals surface area contributed by atoms with Crippen molar-refractivity contribution in [2.45, 2.75) is 38.8 Å². The summed E-state index contributed by atoms with van der Waals surface area (Å²) < 4.78 is 1.85. The zero-order valence-electron chi connectivity index (χ0n) is 10.3. The van der Waals surface area contributed by atoms with Crippen LogP contribution in [0.25, 0.3) is 0 Å². The number of rotatable bonds is 5. The van der Waals surface area contributed by atoms with Crippen LogP contribution in [0.3, 0.4) is 0 Å². The standard InChI is InChI=1S/C12H17ClN4/c1-9-12(13)11(16(2)15-9)8-17(7-3-6-14)10-4-5-10/h10H,3-5,7-8H2,1-2H3. The number of hydrogen-bond acceptors (Lipinski definition) is 3. The molecule has 0 aromatic carbocycles. The molecule has 0 bridgehead atoms. The van der Waals surface area contributed by atoms with Crippen molar-refractivity contribution in [3.8, 4) is 6.07 Å². The summed E-state index contributed by atoms with van der Waals surface area (Å²) in [7, 11) is 1.92. The van der Waals surface area contributed by atoms with E-state index in [1.807, 2.05) is 18.7 Å². The highest BCUT2D eigenvalue weighted by Crippen LogP contribution is 2.30. The van der Waals surface area contributed by atoms with Gasteiger partial charge in [-0.25, -0.2) is 0 Å². The van der Waals surface area contributed by atoms with E-state index in [1.165, 1.54) is 12.8 Å². The quantitative estimate of drug-likeness (QED) is 0.808. The summed E-state index contributed by atoms with van der Waals surface area (Å²) in [6.07, 6.45) is 3.05. The number of aromatic nitrogens is 2. The van der Waals surface area contributed by atoms with E-state index in [-0.39, 0.29) is 0 Å². The third kappa shape index (κ3) is 2.80. The van der Waals surface area contributed by atoms with Crippen molar-refractivity contribution >= 4 is 11.6 Å². The van der Waals surface area contributed by atoms with E-state index in [9.17, 15) is 0 Å². The average molecular weight is 253 g/mol. The highest BCUT2D eigenvalue weighted by Gasteiger charge is 2.29. The Hall–Kier alpha value is -1.05. The molecule has 17 heavy (non-hydrogen) atoms. The molecule has 0 saturated heterocycles. The highest BCUT2D eigenvalue weighted by atomic mass is 35.5. The van der Waals surface area contributed by atoms with Gasteiger partial charge in [-0.05, 0) is 19.8 Å². The second-order valence-electron chi connectivity index (χ2n) is 4.58. The van der Waals surface area contributed by atoms with Gasteiger partial charge in [-0.1, -0.05) is 11.6 Å². The van der Waals surface area contributed by atoms with Crippen molar-refractivity contribution in [2.24, 2.45) is 7.05 Å². The monoisotopic (exact) mass is 252 g/mol. The molecule has 0 amide bonds.